The molecule has 0 bridgehead atoms. The smallest absolute Gasteiger partial charge is 0.338 e. The maximum absolute atomic E-state index is 11.8. The first-order chi connectivity index (χ1) is 12.8. The molecular weight excluding hydrogens is 405 g/mol. The number of rotatable bonds is 4. The molecule has 3 rings (SSSR count). The van der Waals surface area contributed by atoms with E-state index in [4.69, 9.17) is 32.8 Å². The number of nitrogens with zero attached hydrogens (tertiary/aromatic N) is 1. The summed E-state index contributed by atoms with van der Waals surface area (Å²) in [4.78, 5) is 17.7. The average molecular weight is 424 g/mol. The van der Waals surface area contributed by atoms with Gasteiger partial charge in [0.25, 0.3) is 0 Å². The molecular formula is C20H19Cl2NO3S. The van der Waals surface area contributed by atoms with Crippen LogP contribution in [0.2, 0.25) is 10.0 Å². The molecule has 1 heterocycles. The van der Waals surface area contributed by atoms with E-state index in [1.165, 1.54) is 7.11 Å². The maximum atomic E-state index is 11.8. The van der Waals surface area contributed by atoms with Crippen LogP contribution in [0.25, 0.3) is 0 Å². The highest BCUT2D eigenvalue weighted by atomic mass is 35.5. The van der Waals surface area contributed by atoms with Crippen molar-refractivity contribution < 1.29 is 14.4 Å². The number of hydrogen-bond donors (Lipinski definition) is 0. The fourth-order valence-electron chi connectivity index (χ4n) is 3.25. The van der Waals surface area contributed by atoms with Gasteiger partial charge in [-0.2, -0.15) is 11.8 Å². The third-order valence-electron chi connectivity index (χ3n) is 4.68. The predicted octanol–water partition coefficient (Wildman–Crippen LogP) is 5.47. The summed E-state index contributed by atoms with van der Waals surface area (Å²) < 4.78 is 4.82. The molecule has 0 aliphatic carbocycles. The molecule has 1 aliphatic rings. The molecule has 0 radical (unpaired) electrons. The molecule has 0 N–H and O–H groups in total. The Morgan fingerprint density at radius 1 is 1.22 bits per heavy atom. The van der Waals surface area contributed by atoms with Gasteiger partial charge in [0.2, 0.25) is 0 Å². The van der Waals surface area contributed by atoms with Crippen molar-refractivity contribution in [2.24, 2.45) is 5.16 Å². The van der Waals surface area contributed by atoms with E-state index in [0.717, 1.165) is 22.4 Å². The Kier molecular flexibility index (Phi) is 5.75. The van der Waals surface area contributed by atoms with Crippen LogP contribution in [0.5, 0.6) is 0 Å². The second-order valence-corrected chi connectivity index (χ2v) is 8.29. The van der Waals surface area contributed by atoms with Gasteiger partial charge in [-0.15, -0.1) is 0 Å². The molecule has 0 fully saturated rings. The lowest BCUT2D eigenvalue weighted by atomic mass is 9.88. The Morgan fingerprint density at radius 2 is 1.89 bits per heavy atom. The van der Waals surface area contributed by atoms with Crippen molar-refractivity contribution in [3.8, 4) is 0 Å². The summed E-state index contributed by atoms with van der Waals surface area (Å²) in [5.74, 6) is -0.358. The molecule has 7 heteroatoms. The van der Waals surface area contributed by atoms with Crippen molar-refractivity contribution in [2.45, 2.75) is 24.7 Å². The molecule has 1 aliphatic heterocycles. The van der Waals surface area contributed by atoms with Gasteiger partial charge in [0, 0.05) is 21.2 Å². The largest absolute Gasteiger partial charge is 0.465 e. The van der Waals surface area contributed by atoms with Gasteiger partial charge in [-0.3, -0.25) is 0 Å². The quantitative estimate of drug-likeness (QED) is 0.611. The summed E-state index contributed by atoms with van der Waals surface area (Å²) in [6, 6.07) is 10.9. The lowest BCUT2D eigenvalue weighted by molar-refractivity contribution is -0.00398. The van der Waals surface area contributed by atoms with Crippen LogP contribution in [0.1, 0.15) is 34.0 Å². The first-order valence-corrected chi connectivity index (χ1v) is 10.3. The number of ether oxygens (including phenoxy) is 1. The molecule has 2 unspecified atom stereocenters. The summed E-state index contributed by atoms with van der Waals surface area (Å²) in [7, 11) is 1.37. The molecule has 2 aromatic rings. The zero-order valence-electron chi connectivity index (χ0n) is 15.4. The van der Waals surface area contributed by atoms with Gasteiger partial charge in [0.1, 0.15) is 5.71 Å². The lowest BCUT2D eigenvalue weighted by Crippen LogP contribution is -2.36. The summed E-state index contributed by atoms with van der Waals surface area (Å²) in [5.41, 5.74) is 3.21. The topological polar surface area (TPSA) is 47.9 Å². The van der Waals surface area contributed by atoms with Crippen molar-refractivity contribution in [1.82, 2.24) is 0 Å². The van der Waals surface area contributed by atoms with Gasteiger partial charge < -0.3 is 9.57 Å². The number of benzene rings is 2. The minimum atomic E-state index is -0.710. The van der Waals surface area contributed by atoms with E-state index in [1.54, 1.807) is 23.9 Å². The predicted molar refractivity (Wildman–Crippen MR) is 111 cm³/mol. The maximum Gasteiger partial charge on any atom is 0.338 e. The Labute approximate surface area is 172 Å². The zero-order valence-corrected chi connectivity index (χ0v) is 17.7. The van der Waals surface area contributed by atoms with Gasteiger partial charge in [0.15, 0.2) is 5.60 Å². The molecule has 0 saturated carbocycles. The number of carbonyl (C=O) groups excluding carboxylic acids is 1. The summed E-state index contributed by atoms with van der Waals surface area (Å²) in [6.45, 7) is 3.85. The van der Waals surface area contributed by atoms with E-state index >= 15 is 0 Å². The molecule has 0 aromatic heterocycles. The molecule has 2 atom stereocenters. The van der Waals surface area contributed by atoms with E-state index in [2.05, 4.69) is 5.16 Å². The van der Waals surface area contributed by atoms with Crippen molar-refractivity contribution in [1.29, 1.82) is 0 Å². The highest BCUT2D eigenvalue weighted by Gasteiger charge is 2.47. The van der Waals surface area contributed by atoms with E-state index in [-0.39, 0.29) is 11.2 Å². The zero-order chi connectivity index (χ0) is 19.8. The first kappa shape index (κ1) is 20.1. The van der Waals surface area contributed by atoms with Crippen molar-refractivity contribution in [3.63, 3.8) is 0 Å². The minimum Gasteiger partial charge on any atom is -0.465 e. The molecule has 142 valence electrons. The number of carbonyl (C=O) groups is 1. The van der Waals surface area contributed by atoms with E-state index in [9.17, 15) is 4.79 Å². The fourth-order valence-corrected chi connectivity index (χ4v) is 4.81. The lowest BCUT2D eigenvalue weighted by Gasteiger charge is -2.29. The number of aryl methyl sites for hydroxylation is 1. The van der Waals surface area contributed by atoms with E-state index < -0.39 is 5.60 Å². The second kappa shape index (κ2) is 7.74. The van der Waals surface area contributed by atoms with Crippen LogP contribution < -0.4 is 0 Å². The van der Waals surface area contributed by atoms with Gasteiger partial charge in [-0.1, -0.05) is 34.4 Å². The third kappa shape index (κ3) is 3.68. The Hall–Kier alpha value is -1.69. The highest BCUT2D eigenvalue weighted by molar-refractivity contribution is 8.00. The van der Waals surface area contributed by atoms with E-state index in [1.807, 2.05) is 44.4 Å². The van der Waals surface area contributed by atoms with Crippen LogP contribution in [0, 0.1) is 6.92 Å². The number of esters is 1. The Morgan fingerprint density at radius 3 is 2.44 bits per heavy atom. The van der Waals surface area contributed by atoms with Crippen LogP contribution >= 0.6 is 35.0 Å². The summed E-state index contributed by atoms with van der Waals surface area (Å²) >= 11 is 14.0. The van der Waals surface area contributed by atoms with Crippen molar-refractivity contribution >= 4 is 46.6 Å². The number of halogens is 2. The van der Waals surface area contributed by atoms with Crippen molar-refractivity contribution in [3.05, 3.63) is 68.7 Å². The number of methoxy groups -OCH3 is 1. The monoisotopic (exact) mass is 423 g/mol. The van der Waals surface area contributed by atoms with E-state index in [0.29, 0.717) is 15.6 Å². The number of thioether (sulfide) groups is 1. The molecule has 27 heavy (non-hydrogen) atoms. The molecule has 0 amide bonds. The highest BCUT2D eigenvalue weighted by Crippen LogP contribution is 2.43. The summed E-state index contributed by atoms with van der Waals surface area (Å²) in [5, 5.41) is 5.40. The first-order valence-electron chi connectivity index (χ1n) is 8.25. The number of oxime groups is 1. The average Bonchev–Trinajstić information content (AvgIpc) is 2.98. The fraction of sp³-hybridized carbons (Fsp3) is 0.300. The number of hydrogen-bond acceptors (Lipinski definition) is 5. The van der Waals surface area contributed by atoms with Gasteiger partial charge in [0.05, 0.1) is 17.9 Å². The molecule has 0 saturated heterocycles. The molecule has 0 spiro atoms. The van der Waals surface area contributed by atoms with Crippen LogP contribution in [0.15, 0.2) is 41.6 Å². The minimum absolute atomic E-state index is 0.0737. The van der Waals surface area contributed by atoms with Crippen LogP contribution in [0.3, 0.4) is 0 Å². The van der Waals surface area contributed by atoms with Crippen LogP contribution in [-0.4, -0.2) is 30.3 Å². The molecule has 4 nitrogen and oxygen atoms in total. The standard InChI is InChI=1S/C20H19Cl2NO3S/c1-11-7-12(5-6-16(11)19(24)25-3)17-18(27-4)20(2,26-23-17)13-8-14(21)10-15(22)9-13/h5-10,18H,1-4H3. The molecule has 2 aromatic carbocycles. The summed E-state index contributed by atoms with van der Waals surface area (Å²) in [6.07, 6.45) is 2.01. The normalized spacial score (nSPS) is 21.6. The van der Waals surface area contributed by atoms with Crippen LogP contribution in [-0.2, 0) is 15.2 Å². The third-order valence-corrected chi connectivity index (χ3v) is 6.26. The van der Waals surface area contributed by atoms with Crippen molar-refractivity contribution in [2.75, 3.05) is 13.4 Å². The SMILES string of the molecule is COC(=O)c1ccc(C2=NOC(C)(c3cc(Cl)cc(Cl)c3)C2SC)cc1C. The van der Waals surface area contributed by atoms with Gasteiger partial charge in [-0.05, 0) is 56.0 Å². The second-order valence-electron chi connectivity index (χ2n) is 6.47. The Balaban J connectivity index is 1.99. The van der Waals surface area contributed by atoms with Gasteiger partial charge in [-0.25, -0.2) is 4.79 Å². The van der Waals surface area contributed by atoms with Crippen LogP contribution in [0.4, 0.5) is 0 Å². The Bertz CT molecular complexity index is 911. The van der Waals surface area contributed by atoms with Gasteiger partial charge >= 0.3 is 5.97 Å².